The maximum atomic E-state index is 11.9. The van der Waals surface area contributed by atoms with Gasteiger partial charge >= 0.3 is 0 Å². The maximum absolute atomic E-state index is 11.9. The molecule has 0 aliphatic heterocycles. The van der Waals surface area contributed by atoms with Crippen molar-refractivity contribution in [2.45, 2.75) is 19.4 Å². The molecule has 0 fully saturated rings. The van der Waals surface area contributed by atoms with E-state index in [0.29, 0.717) is 29.7 Å². The normalized spacial score (nSPS) is 10.5. The van der Waals surface area contributed by atoms with Gasteiger partial charge in [0.25, 0.3) is 0 Å². The third kappa shape index (κ3) is 4.17. The molecule has 24 heavy (non-hydrogen) atoms. The van der Waals surface area contributed by atoms with Crippen molar-refractivity contribution in [2.75, 3.05) is 0 Å². The van der Waals surface area contributed by atoms with Gasteiger partial charge in [-0.2, -0.15) is 4.98 Å². The van der Waals surface area contributed by atoms with Crippen molar-refractivity contribution in [3.8, 4) is 11.4 Å². The molecule has 0 bridgehead atoms. The fraction of sp³-hybridized carbons (Fsp3) is 0.176. The largest absolute Gasteiger partial charge is 0.352 e. The van der Waals surface area contributed by atoms with E-state index in [1.807, 2.05) is 24.3 Å². The lowest BCUT2D eigenvalue weighted by Gasteiger charge is -2.05. The molecule has 1 amide bonds. The van der Waals surface area contributed by atoms with Crippen molar-refractivity contribution in [3.63, 3.8) is 0 Å². The summed E-state index contributed by atoms with van der Waals surface area (Å²) in [6.45, 7) is 0.392. The van der Waals surface area contributed by atoms with Crippen LogP contribution < -0.4 is 5.32 Å². The van der Waals surface area contributed by atoms with Crippen molar-refractivity contribution in [1.29, 1.82) is 0 Å². The van der Waals surface area contributed by atoms with Crippen molar-refractivity contribution < 1.29 is 9.32 Å². The number of rotatable bonds is 6. The predicted octanol–water partition coefficient (Wildman–Crippen LogP) is 3.03. The van der Waals surface area contributed by atoms with Crippen molar-refractivity contribution in [2.24, 2.45) is 0 Å². The molecule has 0 spiro atoms. The Morgan fingerprint density at radius 1 is 1.21 bits per heavy atom. The quantitative estimate of drug-likeness (QED) is 0.744. The summed E-state index contributed by atoms with van der Waals surface area (Å²) in [5, 5.41) is 7.35. The van der Waals surface area contributed by atoms with Crippen LogP contribution in [0.3, 0.4) is 0 Å². The molecule has 1 N–H and O–H groups in total. The molecule has 122 valence electrons. The molecule has 1 aromatic carbocycles. The van der Waals surface area contributed by atoms with Crippen molar-refractivity contribution in [3.05, 3.63) is 65.3 Å². The zero-order chi connectivity index (χ0) is 16.8. The zero-order valence-electron chi connectivity index (χ0n) is 12.8. The Balaban J connectivity index is 1.50. The van der Waals surface area contributed by atoms with Crippen LogP contribution in [0.1, 0.15) is 17.9 Å². The number of halogens is 1. The Labute approximate surface area is 143 Å². The molecule has 0 unspecified atom stereocenters. The molecule has 6 nitrogen and oxygen atoms in total. The van der Waals surface area contributed by atoms with Crippen LogP contribution in [0.25, 0.3) is 11.4 Å². The number of hydrogen-bond donors (Lipinski definition) is 1. The topological polar surface area (TPSA) is 80.9 Å². The van der Waals surface area contributed by atoms with Crippen LogP contribution in [0.15, 0.2) is 53.3 Å². The molecule has 0 saturated carbocycles. The van der Waals surface area contributed by atoms with Gasteiger partial charge in [0.05, 0.1) is 0 Å². The van der Waals surface area contributed by atoms with E-state index in [-0.39, 0.29) is 12.3 Å². The first-order valence-corrected chi connectivity index (χ1v) is 7.83. The van der Waals surface area contributed by atoms with Gasteiger partial charge in [-0.1, -0.05) is 35.0 Å². The summed E-state index contributed by atoms with van der Waals surface area (Å²) in [5.74, 6) is 0.785. The van der Waals surface area contributed by atoms with Crippen LogP contribution in [0.5, 0.6) is 0 Å². The number of nitrogens with one attached hydrogen (secondary N) is 1. The van der Waals surface area contributed by atoms with Crippen LogP contribution in [-0.2, 0) is 17.8 Å². The molecular formula is C17H15ClN4O2. The molecule has 0 aliphatic rings. The maximum Gasteiger partial charge on any atom is 0.227 e. The van der Waals surface area contributed by atoms with Crippen LogP contribution in [-0.4, -0.2) is 21.0 Å². The van der Waals surface area contributed by atoms with E-state index in [1.165, 1.54) is 0 Å². The monoisotopic (exact) mass is 342 g/mol. The zero-order valence-corrected chi connectivity index (χ0v) is 13.5. The van der Waals surface area contributed by atoms with E-state index in [0.717, 1.165) is 11.1 Å². The van der Waals surface area contributed by atoms with Crippen LogP contribution in [0.2, 0.25) is 5.02 Å². The highest BCUT2D eigenvalue weighted by Gasteiger charge is 2.11. The molecule has 0 saturated heterocycles. The van der Waals surface area contributed by atoms with E-state index in [4.69, 9.17) is 16.1 Å². The van der Waals surface area contributed by atoms with Gasteiger partial charge in [-0.05, 0) is 23.8 Å². The lowest BCUT2D eigenvalue weighted by Crippen LogP contribution is -2.23. The highest BCUT2D eigenvalue weighted by Crippen LogP contribution is 2.15. The van der Waals surface area contributed by atoms with Crippen molar-refractivity contribution in [1.82, 2.24) is 20.4 Å². The highest BCUT2D eigenvalue weighted by atomic mass is 35.5. The number of aromatic nitrogens is 3. The summed E-state index contributed by atoms with van der Waals surface area (Å²) >= 11 is 6.05. The van der Waals surface area contributed by atoms with E-state index in [9.17, 15) is 4.79 Å². The first-order valence-electron chi connectivity index (χ1n) is 7.45. The van der Waals surface area contributed by atoms with Crippen LogP contribution >= 0.6 is 11.6 Å². The van der Waals surface area contributed by atoms with Gasteiger partial charge in [0.1, 0.15) is 0 Å². The molecule has 7 heteroatoms. The number of carbonyl (C=O) groups is 1. The standard InChI is InChI=1S/C17H15ClN4O2/c18-14-6-2-1-4-12(14)11-20-15(23)7-8-16-21-17(22-24-16)13-5-3-9-19-10-13/h1-6,9-10H,7-8,11H2,(H,20,23). The van der Waals surface area contributed by atoms with Gasteiger partial charge in [-0.25, -0.2) is 0 Å². The Hall–Kier alpha value is -2.73. The summed E-state index contributed by atoms with van der Waals surface area (Å²) in [4.78, 5) is 20.2. The lowest BCUT2D eigenvalue weighted by atomic mass is 10.2. The summed E-state index contributed by atoms with van der Waals surface area (Å²) in [5.41, 5.74) is 1.65. The van der Waals surface area contributed by atoms with Gasteiger partial charge < -0.3 is 9.84 Å². The minimum Gasteiger partial charge on any atom is -0.352 e. The molecular weight excluding hydrogens is 328 g/mol. The summed E-state index contributed by atoms with van der Waals surface area (Å²) in [7, 11) is 0. The van der Waals surface area contributed by atoms with Gasteiger partial charge in [-0.15, -0.1) is 0 Å². The van der Waals surface area contributed by atoms with Gasteiger partial charge in [0, 0.05) is 42.4 Å². The Bertz CT molecular complexity index is 820. The minimum absolute atomic E-state index is 0.101. The number of nitrogens with zero attached hydrogens (tertiary/aromatic N) is 3. The first kappa shape index (κ1) is 16.1. The minimum atomic E-state index is -0.101. The molecule has 2 heterocycles. The van der Waals surface area contributed by atoms with Crippen LogP contribution in [0.4, 0.5) is 0 Å². The molecule has 0 atom stereocenters. The van der Waals surface area contributed by atoms with Gasteiger partial charge in [0.2, 0.25) is 17.6 Å². The molecule has 3 aromatic rings. The Morgan fingerprint density at radius 3 is 2.88 bits per heavy atom. The van der Waals surface area contributed by atoms with E-state index >= 15 is 0 Å². The lowest BCUT2D eigenvalue weighted by molar-refractivity contribution is -0.121. The molecule has 2 aromatic heterocycles. The van der Waals surface area contributed by atoms with E-state index < -0.39 is 0 Å². The fourth-order valence-electron chi connectivity index (χ4n) is 2.11. The smallest absolute Gasteiger partial charge is 0.227 e. The Morgan fingerprint density at radius 2 is 2.08 bits per heavy atom. The third-order valence-electron chi connectivity index (χ3n) is 3.39. The van der Waals surface area contributed by atoms with E-state index in [1.54, 1.807) is 24.5 Å². The average Bonchev–Trinajstić information content (AvgIpc) is 3.09. The van der Waals surface area contributed by atoms with Gasteiger partial charge in [-0.3, -0.25) is 9.78 Å². The molecule has 0 radical (unpaired) electrons. The second-order valence-corrected chi connectivity index (χ2v) is 5.53. The summed E-state index contributed by atoms with van der Waals surface area (Å²) < 4.78 is 5.16. The number of hydrogen-bond acceptors (Lipinski definition) is 5. The van der Waals surface area contributed by atoms with Crippen molar-refractivity contribution >= 4 is 17.5 Å². The number of benzene rings is 1. The first-order chi connectivity index (χ1) is 11.7. The number of aryl methyl sites for hydroxylation is 1. The summed E-state index contributed by atoms with van der Waals surface area (Å²) in [6.07, 6.45) is 3.97. The number of amides is 1. The van der Waals surface area contributed by atoms with Gasteiger partial charge in [0.15, 0.2) is 0 Å². The third-order valence-corrected chi connectivity index (χ3v) is 3.76. The van der Waals surface area contributed by atoms with Crippen LogP contribution in [0, 0.1) is 0 Å². The second-order valence-electron chi connectivity index (χ2n) is 5.12. The Kier molecular flexibility index (Phi) is 5.18. The second kappa shape index (κ2) is 7.70. The molecule has 3 rings (SSSR count). The number of pyridine rings is 1. The predicted molar refractivity (Wildman–Crippen MR) is 89.1 cm³/mol. The summed E-state index contributed by atoms with van der Waals surface area (Å²) in [6, 6.07) is 11.0. The molecule has 0 aliphatic carbocycles. The fourth-order valence-corrected chi connectivity index (χ4v) is 2.32. The van der Waals surface area contributed by atoms with E-state index in [2.05, 4.69) is 20.4 Å². The highest BCUT2D eigenvalue weighted by molar-refractivity contribution is 6.31. The SMILES string of the molecule is O=C(CCc1nc(-c2cccnc2)no1)NCc1ccccc1Cl. The average molecular weight is 343 g/mol. The number of carbonyl (C=O) groups excluding carboxylic acids is 1.